The molecule has 0 aliphatic carbocycles. The summed E-state index contributed by atoms with van der Waals surface area (Å²) in [4.78, 5) is 18.0. The van der Waals surface area contributed by atoms with Gasteiger partial charge in [-0.3, -0.25) is 0 Å². The van der Waals surface area contributed by atoms with E-state index in [1.165, 1.54) is 19.3 Å². The van der Waals surface area contributed by atoms with Crippen molar-refractivity contribution in [1.82, 2.24) is 19.9 Å². The van der Waals surface area contributed by atoms with Gasteiger partial charge in [-0.15, -0.1) is 0 Å². The van der Waals surface area contributed by atoms with Crippen LogP contribution in [0.5, 0.6) is 0 Å². The summed E-state index contributed by atoms with van der Waals surface area (Å²) in [6.07, 6.45) is 5.33. The number of anilines is 1. The van der Waals surface area contributed by atoms with E-state index < -0.39 is 0 Å². The van der Waals surface area contributed by atoms with E-state index in [2.05, 4.69) is 31.8 Å². The Bertz CT molecular complexity index is 544. The third-order valence-corrected chi connectivity index (χ3v) is 3.90. The first kappa shape index (κ1) is 11.7. The summed E-state index contributed by atoms with van der Waals surface area (Å²) < 4.78 is 0. The maximum atomic E-state index is 5.95. The van der Waals surface area contributed by atoms with Crippen LogP contribution in [0.15, 0.2) is 6.33 Å². The van der Waals surface area contributed by atoms with E-state index in [1.54, 1.807) is 6.33 Å². The molecule has 1 fully saturated rings. The molecule has 0 aromatic carbocycles. The third-order valence-electron chi connectivity index (χ3n) is 3.73. The van der Waals surface area contributed by atoms with Gasteiger partial charge < -0.3 is 9.88 Å². The lowest BCUT2D eigenvalue weighted by atomic mass is 9.94. The molecule has 0 bridgehead atoms. The maximum absolute atomic E-state index is 5.95. The van der Waals surface area contributed by atoms with Crippen molar-refractivity contribution >= 4 is 28.6 Å². The van der Waals surface area contributed by atoms with E-state index in [0.29, 0.717) is 5.65 Å². The van der Waals surface area contributed by atoms with Crippen molar-refractivity contribution in [3.63, 3.8) is 0 Å². The van der Waals surface area contributed by atoms with Crippen molar-refractivity contribution < 1.29 is 0 Å². The molecule has 0 amide bonds. The van der Waals surface area contributed by atoms with Crippen LogP contribution in [-0.2, 0) is 0 Å². The first-order chi connectivity index (χ1) is 8.78. The highest BCUT2D eigenvalue weighted by molar-refractivity contribution is 6.28. The van der Waals surface area contributed by atoms with Crippen molar-refractivity contribution in [3.05, 3.63) is 11.6 Å². The number of hydrogen-bond acceptors (Lipinski definition) is 4. The van der Waals surface area contributed by atoms with E-state index in [4.69, 9.17) is 11.6 Å². The number of aromatic nitrogens is 4. The number of nitrogens with one attached hydrogen (secondary N) is 1. The average Bonchev–Trinajstić information content (AvgIpc) is 2.86. The van der Waals surface area contributed by atoms with Gasteiger partial charge in [0.05, 0.1) is 6.33 Å². The highest BCUT2D eigenvalue weighted by Gasteiger charge is 2.21. The quantitative estimate of drug-likeness (QED) is 0.848. The number of halogens is 1. The molecule has 3 rings (SSSR count). The summed E-state index contributed by atoms with van der Waals surface area (Å²) in [5, 5.41) is 0.266. The molecule has 0 saturated carbocycles. The van der Waals surface area contributed by atoms with Gasteiger partial charge in [0.15, 0.2) is 11.5 Å². The molecule has 0 unspecified atom stereocenters. The second kappa shape index (κ2) is 4.72. The van der Waals surface area contributed by atoms with Crippen LogP contribution in [0.1, 0.15) is 26.2 Å². The first-order valence-corrected chi connectivity index (χ1v) is 6.77. The van der Waals surface area contributed by atoms with Gasteiger partial charge in [0.25, 0.3) is 0 Å². The Morgan fingerprint density at radius 3 is 2.89 bits per heavy atom. The van der Waals surface area contributed by atoms with Gasteiger partial charge in [0.1, 0.15) is 5.52 Å². The zero-order valence-electron chi connectivity index (χ0n) is 10.4. The van der Waals surface area contributed by atoms with Gasteiger partial charge in [0.2, 0.25) is 5.28 Å². The molecule has 6 heteroatoms. The smallest absolute Gasteiger partial charge is 0.226 e. The highest BCUT2D eigenvalue weighted by atomic mass is 35.5. The van der Waals surface area contributed by atoms with Crippen LogP contribution < -0.4 is 4.90 Å². The Labute approximate surface area is 111 Å². The summed E-state index contributed by atoms with van der Waals surface area (Å²) in [7, 11) is 0. The minimum atomic E-state index is 0.266. The summed E-state index contributed by atoms with van der Waals surface area (Å²) in [6.45, 7) is 4.31. The molecular formula is C12H16ClN5. The molecule has 0 spiro atoms. The summed E-state index contributed by atoms with van der Waals surface area (Å²) in [5.41, 5.74) is 1.52. The zero-order chi connectivity index (χ0) is 12.5. The van der Waals surface area contributed by atoms with Gasteiger partial charge in [-0.05, 0) is 30.4 Å². The van der Waals surface area contributed by atoms with Crippen molar-refractivity contribution in [2.24, 2.45) is 5.92 Å². The Morgan fingerprint density at radius 1 is 1.39 bits per heavy atom. The SMILES string of the molecule is CCC1CCN(c2nc(Cl)nc3nc[nH]c23)CC1. The number of rotatable bonds is 2. The molecule has 1 aliphatic heterocycles. The van der Waals surface area contributed by atoms with E-state index in [0.717, 1.165) is 30.3 Å². The summed E-state index contributed by atoms with van der Waals surface area (Å²) in [5.74, 6) is 1.73. The Kier molecular flexibility index (Phi) is 3.07. The molecule has 0 radical (unpaired) electrons. The molecule has 1 aliphatic rings. The predicted octanol–water partition coefficient (Wildman–Crippen LogP) is 2.63. The lowest BCUT2D eigenvalue weighted by Gasteiger charge is -2.32. The van der Waals surface area contributed by atoms with Gasteiger partial charge >= 0.3 is 0 Å². The van der Waals surface area contributed by atoms with Gasteiger partial charge in [-0.2, -0.15) is 9.97 Å². The third kappa shape index (κ3) is 2.03. The van der Waals surface area contributed by atoms with Crippen molar-refractivity contribution in [3.8, 4) is 0 Å². The number of nitrogens with zero attached hydrogens (tertiary/aromatic N) is 4. The second-order valence-electron chi connectivity index (χ2n) is 4.76. The number of fused-ring (bicyclic) bond motifs is 1. The Hall–Kier alpha value is -1.36. The van der Waals surface area contributed by atoms with E-state index in [1.807, 2.05) is 0 Å². The highest BCUT2D eigenvalue weighted by Crippen LogP contribution is 2.28. The van der Waals surface area contributed by atoms with Gasteiger partial charge in [-0.1, -0.05) is 13.3 Å². The Balaban J connectivity index is 1.92. The lowest BCUT2D eigenvalue weighted by molar-refractivity contribution is 0.394. The first-order valence-electron chi connectivity index (χ1n) is 6.39. The normalized spacial score (nSPS) is 17.6. The van der Waals surface area contributed by atoms with Crippen molar-refractivity contribution in [2.45, 2.75) is 26.2 Å². The van der Waals surface area contributed by atoms with Crippen LogP contribution >= 0.6 is 11.6 Å². The number of piperidine rings is 1. The molecule has 1 N–H and O–H groups in total. The molecule has 1 saturated heterocycles. The van der Waals surface area contributed by atoms with Crippen LogP contribution in [0.4, 0.5) is 5.82 Å². The van der Waals surface area contributed by atoms with E-state index in [9.17, 15) is 0 Å². The number of hydrogen-bond donors (Lipinski definition) is 1. The second-order valence-corrected chi connectivity index (χ2v) is 5.09. The monoisotopic (exact) mass is 265 g/mol. The minimum Gasteiger partial charge on any atom is -0.355 e. The molecule has 0 atom stereocenters. The summed E-state index contributed by atoms with van der Waals surface area (Å²) in [6, 6.07) is 0. The van der Waals surface area contributed by atoms with Gasteiger partial charge in [0, 0.05) is 13.1 Å². The minimum absolute atomic E-state index is 0.266. The molecular weight excluding hydrogens is 250 g/mol. The fourth-order valence-corrected chi connectivity index (χ4v) is 2.73. The topological polar surface area (TPSA) is 57.7 Å². The van der Waals surface area contributed by atoms with Crippen molar-refractivity contribution in [2.75, 3.05) is 18.0 Å². The van der Waals surface area contributed by atoms with Crippen LogP contribution in [0.2, 0.25) is 5.28 Å². The van der Waals surface area contributed by atoms with Gasteiger partial charge in [-0.25, -0.2) is 4.98 Å². The molecule has 96 valence electrons. The molecule has 5 nitrogen and oxygen atoms in total. The number of imidazole rings is 1. The Morgan fingerprint density at radius 2 is 2.17 bits per heavy atom. The molecule has 18 heavy (non-hydrogen) atoms. The number of H-pyrrole nitrogens is 1. The van der Waals surface area contributed by atoms with Crippen molar-refractivity contribution in [1.29, 1.82) is 0 Å². The average molecular weight is 266 g/mol. The predicted molar refractivity (Wildman–Crippen MR) is 71.9 cm³/mol. The number of aromatic amines is 1. The summed E-state index contributed by atoms with van der Waals surface area (Å²) >= 11 is 5.95. The van der Waals surface area contributed by atoms with Crippen LogP contribution in [0.25, 0.3) is 11.2 Å². The molecule has 2 aromatic rings. The maximum Gasteiger partial charge on any atom is 0.226 e. The fourth-order valence-electron chi connectivity index (χ4n) is 2.57. The molecule has 2 aromatic heterocycles. The standard InChI is InChI=1S/C12H16ClN5/c1-2-8-3-5-18(6-4-8)11-9-10(15-7-14-9)16-12(13)17-11/h7-8H,2-6H2,1H3,(H,14,15,16,17). The van der Waals surface area contributed by atoms with Crippen LogP contribution in [0.3, 0.4) is 0 Å². The lowest BCUT2D eigenvalue weighted by Crippen LogP contribution is -2.34. The zero-order valence-corrected chi connectivity index (χ0v) is 11.1. The largest absolute Gasteiger partial charge is 0.355 e. The van der Waals surface area contributed by atoms with Crippen LogP contribution in [0, 0.1) is 5.92 Å². The fraction of sp³-hybridized carbons (Fsp3) is 0.583. The van der Waals surface area contributed by atoms with E-state index in [-0.39, 0.29) is 5.28 Å². The molecule has 3 heterocycles. The van der Waals surface area contributed by atoms with E-state index >= 15 is 0 Å². The van der Waals surface area contributed by atoms with Crippen LogP contribution in [-0.4, -0.2) is 33.0 Å².